The van der Waals surface area contributed by atoms with Crippen LogP contribution in [0.25, 0.3) is 0 Å². The Morgan fingerprint density at radius 2 is 2.40 bits per heavy atom. The van der Waals surface area contributed by atoms with Gasteiger partial charge in [0.1, 0.15) is 12.4 Å². The first kappa shape index (κ1) is 14.8. The molecule has 0 bridgehead atoms. The van der Waals surface area contributed by atoms with Gasteiger partial charge in [-0.05, 0) is 37.0 Å². The molecule has 0 aromatic heterocycles. The number of ether oxygens (including phenoxy) is 2. The SMILES string of the molecule is O=C(O)c1cccc(OCCNCC2CCCOC2)c1. The van der Waals surface area contributed by atoms with E-state index in [1.807, 2.05) is 0 Å². The molecule has 1 fully saturated rings. The van der Waals surface area contributed by atoms with Crippen molar-refractivity contribution < 1.29 is 19.4 Å². The van der Waals surface area contributed by atoms with Gasteiger partial charge in [-0.25, -0.2) is 4.79 Å². The van der Waals surface area contributed by atoms with E-state index in [4.69, 9.17) is 14.6 Å². The van der Waals surface area contributed by atoms with E-state index in [-0.39, 0.29) is 5.56 Å². The van der Waals surface area contributed by atoms with Crippen molar-refractivity contribution in [3.05, 3.63) is 29.8 Å². The standard InChI is InChI=1S/C15H21NO4/c17-15(18)13-4-1-5-14(9-13)20-8-6-16-10-12-3-2-7-19-11-12/h1,4-5,9,12,16H,2-3,6-8,10-11H2,(H,17,18). The van der Waals surface area contributed by atoms with Gasteiger partial charge < -0.3 is 19.9 Å². The molecule has 110 valence electrons. The Kier molecular flexibility index (Phi) is 5.83. The van der Waals surface area contributed by atoms with Crippen LogP contribution in [-0.2, 0) is 4.74 Å². The number of carboxylic acid groups (broad SMARTS) is 1. The molecule has 1 aliphatic rings. The molecular weight excluding hydrogens is 258 g/mol. The molecule has 0 spiro atoms. The molecule has 1 saturated heterocycles. The summed E-state index contributed by atoms with van der Waals surface area (Å²) in [6, 6.07) is 6.54. The average molecular weight is 279 g/mol. The van der Waals surface area contributed by atoms with Gasteiger partial charge in [-0.2, -0.15) is 0 Å². The lowest BCUT2D eigenvalue weighted by Crippen LogP contribution is -2.31. The molecule has 0 aliphatic carbocycles. The van der Waals surface area contributed by atoms with E-state index in [0.717, 1.165) is 32.7 Å². The quantitative estimate of drug-likeness (QED) is 0.745. The summed E-state index contributed by atoms with van der Waals surface area (Å²) in [6.07, 6.45) is 2.36. The number of nitrogens with one attached hydrogen (secondary N) is 1. The van der Waals surface area contributed by atoms with Gasteiger partial charge in [0, 0.05) is 19.7 Å². The first-order valence-electron chi connectivity index (χ1n) is 7.00. The van der Waals surface area contributed by atoms with Crippen molar-refractivity contribution in [3.8, 4) is 5.75 Å². The molecule has 0 saturated carbocycles. The van der Waals surface area contributed by atoms with E-state index in [2.05, 4.69) is 5.32 Å². The molecule has 5 nitrogen and oxygen atoms in total. The van der Waals surface area contributed by atoms with Gasteiger partial charge in [0.2, 0.25) is 0 Å². The third-order valence-electron chi connectivity index (χ3n) is 3.32. The van der Waals surface area contributed by atoms with Crippen LogP contribution < -0.4 is 10.1 Å². The van der Waals surface area contributed by atoms with Crippen molar-refractivity contribution in [1.82, 2.24) is 5.32 Å². The van der Waals surface area contributed by atoms with Crippen molar-refractivity contribution >= 4 is 5.97 Å². The maximum absolute atomic E-state index is 10.8. The van der Waals surface area contributed by atoms with Gasteiger partial charge in [0.15, 0.2) is 0 Å². The van der Waals surface area contributed by atoms with Crippen LogP contribution in [0, 0.1) is 5.92 Å². The second-order valence-corrected chi connectivity index (χ2v) is 4.97. The smallest absolute Gasteiger partial charge is 0.335 e. The Labute approximate surface area is 118 Å². The third kappa shape index (κ3) is 4.83. The second kappa shape index (κ2) is 7.87. The fourth-order valence-electron chi connectivity index (χ4n) is 2.23. The maximum Gasteiger partial charge on any atom is 0.335 e. The van der Waals surface area contributed by atoms with Crippen LogP contribution >= 0.6 is 0 Å². The van der Waals surface area contributed by atoms with Gasteiger partial charge in [0.25, 0.3) is 0 Å². The molecule has 1 atom stereocenters. The Hall–Kier alpha value is -1.59. The fourth-order valence-corrected chi connectivity index (χ4v) is 2.23. The highest BCUT2D eigenvalue weighted by Gasteiger charge is 2.12. The Bertz CT molecular complexity index is 430. The summed E-state index contributed by atoms with van der Waals surface area (Å²) in [5.41, 5.74) is 0.245. The summed E-state index contributed by atoms with van der Waals surface area (Å²) in [7, 11) is 0. The minimum atomic E-state index is -0.939. The lowest BCUT2D eigenvalue weighted by molar-refractivity contribution is 0.0546. The van der Waals surface area contributed by atoms with Gasteiger partial charge in [0.05, 0.1) is 12.2 Å². The van der Waals surface area contributed by atoms with Crippen molar-refractivity contribution in [2.24, 2.45) is 5.92 Å². The van der Waals surface area contributed by atoms with Crippen molar-refractivity contribution in [1.29, 1.82) is 0 Å². The number of hydrogen-bond acceptors (Lipinski definition) is 4. The lowest BCUT2D eigenvalue weighted by Gasteiger charge is -2.22. The highest BCUT2D eigenvalue weighted by molar-refractivity contribution is 5.87. The van der Waals surface area contributed by atoms with E-state index < -0.39 is 5.97 Å². The molecule has 1 aromatic carbocycles. The zero-order chi connectivity index (χ0) is 14.2. The third-order valence-corrected chi connectivity index (χ3v) is 3.32. The van der Waals surface area contributed by atoms with E-state index in [1.54, 1.807) is 18.2 Å². The topological polar surface area (TPSA) is 67.8 Å². The number of benzene rings is 1. The number of hydrogen-bond donors (Lipinski definition) is 2. The van der Waals surface area contributed by atoms with Crippen LogP contribution in [0.4, 0.5) is 0 Å². The first-order valence-corrected chi connectivity index (χ1v) is 7.00. The Balaban J connectivity index is 1.63. The molecule has 20 heavy (non-hydrogen) atoms. The van der Waals surface area contributed by atoms with Crippen LogP contribution in [0.2, 0.25) is 0 Å². The van der Waals surface area contributed by atoms with Crippen LogP contribution in [0.1, 0.15) is 23.2 Å². The van der Waals surface area contributed by atoms with Crippen molar-refractivity contribution in [2.45, 2.75) is 12.8 Å². The fraction of sp³-hybridized carbons (Fsp3) is 0.533. The number of aromatic carboxylic acids is 1. The predicted molar refractivity (Wildman–Crippen MR) is 75.3 cm³/mol. The number of rotatable bonds is 7. The van der Waals surface area contributed by atoms with Crippen LogP contribution in [-0.4, -0.2) is 44.0 Å². The van der Waals surface area contributed by atoms with Gasteiger partial charge in [-0.15, -0.1) is 0 Å². The molecule has 1 unspecified atom stereocenters. The molecule has 5 heteroatoms. The van der Waals surface area contributed by atoms with Crippen LogP contribution in [0.3, 0.4) is 0 Å². The summed E-state index contributed by atoms with van der Waals surface area (Å²) in [5, 5.41) is 12.2. The zero-order valence-electron chi connectivity index (χ0n) is 11.5. The summed E-state index contributed by atoms with van der Waals surface area (Å²) in [6.45, 7) is 3.94. The summed E-state index contributed by atoms with van der Waals surface area (Å²) in [5.74, 6) is 0.248. The molecule has 2 rings (SSSR count). The molecule has 0 amide bonds. The zero-order valence-corrected chi connectivity index (χ0v) is 11.5. The predicted octanol–water partition coefficient (Wildman–Crippen LogP) is 1.78. The highest BCUT2D eigenvalue weighted by atomic mass is 16.5. The number of carboxylic acids is 1. The van der Waals surface area contributed by atoms with E-state index in [0.29, 0.717) is 18.3 Å². The largest absolute Gasteiger partial charge is 0.492 e. The molecule has 1 heterocycles. The molecule has 2 N–H and O–H groups in total. The molecule has 1 aliphatic heterocycles. The normalized spacial score (nSPS) is 18.7. The average Bonchev–Trinajstić information content (AvgIpc) is 2.48. The molecule has 1 aromatic rings. The van der Waals surface area contributed by atoms with E-state index in [1.165, 1.54) is 12.5 Å². The molecular formula is C15H21NO4. The number of carbonyl (C=O) groups is 1. The minimum absolute atomic E-state index is 0.245. The minimum Gasteiger partial charge on any atom is -0.492 e. The van der Waals surface area contributed by atoms with Crippen LogP contribution in [0.15, 0.2) is 24.3 Å². The van der Waals surface area contributed by atoms with Crippen molar-refractivity contribution in [2.75, 3.05) is 32.9 Å². The van der Waals surface area contributed by atoms with E-state index >= 15 is 0 Å². The summed E-state index contributed by atoms with van der Waals surface area (Å²) < 4.78 is 10.9. The first-order chi connectivity index (χ1) is 9.75. The summed E-state index contributed by atoms with van der Waals surface area (Å²) >= 11 is 0. The van der Waals surface area contributed by atoms with E-state index in [9.17, 15) is 4.79 Å². The maximum atomic E-state index is 10.8. The van der Waals surface area contributed by atoms with Crippen molar-refractivity contribution in [3.63, 3.8) is 0 Å². The highest BCUT2D eigenvalue weighted by Crippen LogP contribution is 2.13. The van der Waals surface area contributed by atoms with Crippen LogP contribution in [0.5, 0.6) is 5.75 Å². The Morgan fingerprint density at radius 3 is 3.15 bits per heavy atom. The van der Waals surface area contributed by atoms with Gasteiger partial charge >= 0.3 is 5.97 Å². The van der Waals surface area contributed by atoms with Gasteiger partial charge in [-0.3, -0.25) is 0 Å². The lowest BCUT2D eigenvalue weighted by atomic mass is 10.0. The monoisotopic (exact) mass is 279 g/mol. The Morgan fingerprint density at radius 1 is 1.50 bits per heavy atom. The van der Waals surface area contributed by atoms with Gasteiger partial charge in [-0.1, -0.05) is 6.07 Å². The summed E-state index contributed by atoms with van der Waals surface area (Å²) in [4.78, 5) is 10.8. The second-order valence-electron chi connectivity index (χ2n) is 4.97. The molecule has 0 radical (unpaired) electrons.